The van der Waals surface area contributed by atoms with Gasteiger partial charge in [-0.15, -0.1) is 0 Å². The molecule has 0 rings (SSSR count). The molecule has 0 unspecified atom stereocenters. The van der Waals surface area contributed by atoms with Crippen molar-refractivity contribution in [3.63, 3.8) is 0 Å². The van der Waals surface area contributed by atoms with Gasteiger partial charge in [0.15, 0.2) is 0 Å². The Morgan fingerprint density at radius 2 is 2.20 bits per heavy atom. The Bertz CT molecular complexity index is 214. The number of nitrogens with zero attached hydrogens (tertiary/aromatic N) is 1. The number of ether oxygens (including phenoxy) is 1. The van der Waals surface area contributed by atoms with Gasteiger partial charge in [0.1, 0.15) is 22.4 Å². The molecule has 3 nitrogen and oxygen atoms in total. The monoisotopic (exact) mass is 156 g/mol. The summed E-state index contributed by atoms with van der Waals surface area (Å²) in [5.74, 6) is 0.454. The predicted molar refractivity (Wildman–Crippen MR) is 42.1 cm³/mol. The van der Waals surface area contributed by atoms with Gasteiger partial charge in [-0.3, -0.25) is 0 Å². The fourth-order valence-electron chi connectivity index (χ4n) is 0.409. The van der Waals surface area contributed by atoms with Crippen molar-refractivity contribution >= 4 is 17.2 Å². The molecule has 0 aliphatic carbocycles. The lowest BCUT2D eigenvalue weighted by Crippen LogP contribution is -2.12. The lowest BCUT2D eigenvalue weighted by molar-refractivity contribution is 0.292. The van der Waals surface area contributed by atoms with Gasteiger partial charge in [-0.2, -0.15) is 5.26 Å². The second-order valence-corrected chi connectivity index (χ2v) is 2.05. The largest absolute Gasteiger partial charge is 0.500 e. The highest BCUT2D eigenvalue weighted by atomic mass is 32.1. The molecule has 0 spiro atoms. The van der Waals surface area contributed by atoms with E-state index in [1.165, 1.54) is 7.11 Å². The highest BCUT2D eigenvalue weighted by molar-refractivity contribution is 7.80. The summed E-state index contributed by atoms with van der Waals surface area (Å²) < 4.78 is 4.75. The van der Waals surface area contributed by atoms with Crippen LogP contribution in [0.5, 0.6) is 0 Å². The van der Waals surface area contributed by atoms with E-state index >= 15 is 0 Å². The fraction of sp³-hybridized carbons (Fsp3) is 0.333. The summed E-state index contributed by atoms with van der Waals surface area (Å²) in [6.45, 7) is 1.64. The number of allylic oxidation sites excluding steroid dienone is 1. The average molecular weight is 156 g/mol. The first-order valence-electron chi connectivity index (χ1n) is 2.58. The predicted octanol–water partition coefficient (Wildman–Crippen LogP) is 0.716. The Labute approximate surface area is 65.1 Å². The van der Waals surface area contributed by atoms with Crippen LogP contribution in [-0.4, -0.2) is 12.1 Å². The smallest absolute Gasteiger partial charge is 0.123 e. The third kappa shape index (κ3) is 2.03. The minimum Gasteiger partial charge on any atom is -0.500 e. The van der Waals surface area contributed by atoms with Gasteiger partial charge < -0.3 is 10.5 Å². The zero-order valence-electron chi connectivity index (χ0n) is 5.84. The molecule has 0 saturated carbocycles. The normalized spacial score (nSPS) is 11.3. The number of thiocarbonyl (C=S) groups is 1. The summed E-state index contributed by atoms with van der Waals surface area (Å²) in [4.78, 5) is 0.0712. The van der Waals surface area contributed by atoms with E-state index < -0.39 is 0 Å². The number of nitriles is 1. The molecule has 0 atom stereocenters. The number of rotatable bonds is 2. The van der Waals surface area contributed by atoms with Gasteiger partial charge in [0, 0.05) is 0 Å². The first-order chi connectivity index (χ1) is 4.63. The fourth-order valence-corrected chi connectivity index (χ4v) is 0.599. The molecular formula is C6H8N2OS. The Kier molecular flexibility index (Phi) is 3.44. The number of hydrogen-bond acceptors (Lipinski definition) is 3. The third-order valence-electron chi connectivity index (χ3n) is 1.02. The zero-order valence-corrected chi connectivity index (χ0v) is 6.66. The van der Waals surface area contributed by atoms with Gasteiger partial charge in [-0.25, -0.2) is 0 Å². The maximum atomic E-state index is 8.44. The highest BCUT2D eigenvalue weighted by Gasteiger charge is 2.03. The van der Waals surface area contributed by atoms with Crippen LogP contribution in [0.4, 0.5) is 0 Å². The second kappa shape index (κ2) is 3.85. The van der Waals surface area contributed by atoms with Gasteiger partial charge in [0.05, 0.1) is 7.11 Å². The first-order valence-corrected chi connectivity index (χ1v) is 2.99. The maximum Gasteiger partial charge on any atom is 0.123 e. The minimum absolute atomic E-state index is 0.0712. The van der Waals surface area contributed by atoms with E-state index in [-0.39, 0.29) is 10.6 Å². The van der Waals surface area contributed by atoms with Gasteiger partial charge in [0.25, 0.3) is 0 Å². The Morgan fingerprint density at radius 3 is 2.30 bits per heavy atom. The van der Waals surface area contributed by atoms with E-state index in [0.29, 0.717) is 5.76 Å². The van der Waals surface area contributed by atoms with Crippen LogP contribution in [0.1, 0.15) is 6.92 Å². The molecule has 10 heavy (non-hydrogen) atoms. The quantitative estimate of drug-likeness (QED) is 0.277. The molecule has 2 N–H and O–H groups in total. The average Bonchev–Trinajstić information content (AvgIpc) is 1.88. The molecule has 54 valence electrons. The summed E-state index contributed by atoms with van der Waals surface area (Å²) in [7, 11) is 1.46. The molecule has 0 aromatic rings. The van der Waals surface area contributed by atoms with Gasteiger partial charge >= 0.3 is 0 Å². The van der Waals surface area contributed by atoms with Gasteiger partial charge in [-0.1, -0.05) is 12.2 Å². The van der Waals surface area contributed by atoms with Crippen LogP contribution in [0.3, 0.4) is 0 Å². The molecule has 0 aliphatic heterocycles. The van der Waals surface area contributed by atoms with Crippen molar-refractivity contribution in [2.24, 2.45) is 5.73 Å². The molecule has 0 bridgehead atoms. The SMILES string of the molecule is CO/C(C)=C(\C#N)C(N)=S. The van der Waals surface area contributed by atoms with Crippen molar-refractivity contribution < 1.29 is 4.74 Å². The van der Waals surface area contributed by atoms with Crippen LogP contribution < -0.4 is 5.73 Å². The van der Waals surface area contributed by atoms with E-state index in [4.69, 9.17) is 15.7 Å². The van der Waals surface area contributed by atoms with Crippen LogP contribution in [0.25, 0.3) is 0 Å². The molecule has 4 heteroatoms. The molecule has 0 aromatic carbocycles. The first kappa shape index (κ1) is 8.92. The number of hydrogen-bond donors (Lipinski definition) is 1. The summed E-state index contributed by atoms with van der Waals surface area (Å²) in [6, 6.07) is 1.84. The standard InChI is InChI=1S/C6H8N2OS/c1-4(9-2)5(3-7)6(8)10/h1-2H3,(H2,8,10)/b5-4+. The Balaban J connectivity index is 4.68. The van der Waals surface area contributed by atoms with Crippen molar-refractivity contribution in [3.8, 4) is 6.07 Å². The maximum absolute atomic E-state index is 8.44. The van der Waals surface area contributed by atoms with Crippen molar-refractivity contribution in [1.29, 1.82) is 5.26 Å². The lowest BCUT2D eigenvalue weighted by Gasteiger charge is -2.00. The zero-order chi connectivity index (χ0) is 8.15. The Morgan fingerprint density at radius 1 is 1.70 bits per heavy atom. The van der Waals surface area contributed by atoms with E-state index in [1.54, 1.807) is 6.92 Å². The molecule has 0 saturated heterocycles. The van der Waals surface area contributed by atoms with E-state index in [1.807, 2.05) is 6.07 Å². The molecule has 0 amide bonds. The summed E-state index contributed by atoms with van der Waals surface area (Å²) in [5, 5.41) is 8.44. The number of methoxy groups -OCH3 is 1. The number of nitrogens with two attached hydrogens (primary N) is 1. The van der Waals surface area contributed by atoms with Crippen molar-refractivity contribution in [1.82, 2.24) is 0 Å². The van der Waals surface area contributed by atoms with Crippen molar-refractivity contribution in [3.05, 3.63) is 11.3 Å². The van der Waals surface area contributed by atoms with Crippen LogP contribution >= 0.6 is 12.2 Å². The highest BCUT2D eigenvalue weighted by Crippen LogP contribution is 2.02. The Hall–Kier alpha value is -1.08. The van der Waals surface area contributed by atoms with Crippen LogP contribution in [0.15, 0.2) is 11.3 Å². The molecular weight excluding hydrogens is 148 g/mol. The van der Waals surface area contributed by atoms with Gasteiger partial charge in [-0.05, 0) is 6.92 Å². The summed E-state index contributed by atoms with van der Waals surface area (Å²) >= 11 is 4.58. The van der Waals surface area contributed by atoms with E-state index in [9.17, 15) is 0 Å². The molecule has 0 fully saturated rings. The molecule has 0 aliphatic rings. The molecule has 0 radical (unpaired) electrons. The molecule has 0 aromatic heterocycles. The van der Waals surface area contributed by atoms with Crippen LogP contribution in [0.2, 0.25) is 0 Å². The van der Waals surface area contributed by atoms with Crippen LogP contribution in [0, 0.1) is 11.3 Å². The molecule has 0 heterocycles. The topological polar surface area (TPSA) is 59.0 Å². The van der Waals surface area contributed by atoms with Crippen molar-refractivity contribution in [2.45, 2.75) is 6.92 Å². The van der Waals surface area contributed by atoms with Crippen molar-refractivity contribution in [2.75, 3.05) is 7.11 Å². The summed E-state index contributed by atoms with van der Waals surface area (Å²) in [5.41, 5.74) is 5.43. The van der Waals surface area contributed by atoms with E-state index in [2.05, 4.69) is 12.2 Å². The van der Waals surface area contributed by atoms with E-state index in [0.717, 1.165) is 0 Å². The minimum atomic E-state index is 0.0712. The third-order valence-corrected chi connectivity index (χ3v) is 1.22. The lowest BCUT2D eigenvalue weighted by atomic mass is 10.2. The summed E-state index contributed by atoms with van der Waals surface area (Å²) in [6.07, 6.45) is 0. The van der Waals surface area contributed by atoms with Crippen LogP contribution in [-0.2, 0) is 4.74 Å². The second-order valence-electron chi connectivity index (χ2n) is 1.61. The van der Waals surface area contributed by atoms with Gasteiger partial charge in [0.2, 0.25) is 0 Å².